The van der Waals surface area contributed by atoms with Crippen LogP contribution in [0.4, 0.5) is 15.8 Å². The normalized spacial score (nSPS) is 11.2. The first-order chi connectivity index (χ1) is 9.80. The second kappa shape index (κ2) is 6.46. The average molecular weight is 302 g/mol. The van der Waals surface area contributed by atoms with Crippen LogP contribution in [0.25, 0.3) is 0 Å². The first-order valence-electron chi connectivity index (χ1n) is 6.01. The van der Waals surface area contributed by atoms with Gasteiger partial charge in [0.2, 0.25) is 0 Å². The van der Waals surface area contributed by atoms with Gasteiger partial charge in [0.25, 0.3) is 5.69 Å². The molecule has 0 aliphatic rings. The van der Waals surface area contributed by atoms with Crippen LogP contribution in [-0.2, 0) is 0 Å². The summed E-state index contributed by atoms with van der Waals surface area (Å²) in [6, 6.07) is 1.26. The van der Waals surface area contributed by atoms with Crippen molar-refractivity contribution in [2.75, 3.05) is 18.5 Å². The Morgan fingerprint density at radius 1 is 1.43 bits per heavy atom. The highest BCUT2D eigenvalue weighted by atomic mass is 19.1. The highest BCUT2D eigenvalue weighted by Crippen LogP contribution is 2.28. The topological polar surface area (TPSA) is 133 Å². The van der Waals surface area contributed by atoms with E-state index in [0.29, 0.717) is 6.07 Å². The molecule has 21 heavy (non-hydrogen) atoms. The minimum absolute atomic E-state index is 0.221. The summed E-state index contributed by atoms with van der Waals surface area (Å²) < 4.78 is 13.9. The molecule has 9 heteroatoms. The molecule has 0 saturated carbocycles. The van der Waals surface area contributed by atoms with Gasteiger partial charge >= 0.3 is 5.97 Å². The fourth-order valence-electron chi connectivity index (χ4n) is 1.71. The first-order valence-corrected chi connectivity index (χ1v) is 6.01. The maximum Gasteiger partial charge on any atom is 0.342 e. The van der Waals surface area contributed by atoms with Gasteiger partial charge in [0, 0.05) is 0 Å². The predicted molar refractivity (Wildman–Crippen MR) is 70.8 cm³/mol. The van der Waals surface area contributed by atoms with E-state index in [1.165, 1.54) is 0 Å². The number of nitro groups is 1. The zero-order valence-corrected chi connectivity index (χ0v) is 11.2. The molecule has 116 valence electrons. The number of hydrogen-bond acceptors (Lipinski definition) is 6. The molecule has 1 aromatic carbocycles. The second-order valence-electron chi connectivity index (χ2n) is 4.49. The molecule has 4 N–H and O–H groups in total. The minimum atomic E-state index is -1.58. The van der Waals surface area contributed by atoms with Crippen molar-refractivity contribution in [1.82, 2.24) is 0 Å². The number of aliphatic hydroxyl groups excluding tert-OH is 2. The molecule has 0 aromatic heterocycles. The number of carboxylic acids is 1. The van der Waals surface area contributed by atoms with E-state index in [1.807, 2.05) is 0 Å². The number of carbonyl (C=O) groups is 1. The van der Waals surface area contributed by atoms with Crippen molar-refractivity contribution in [3.63, 3.8) is 0 Å². The maximum absolute atomic E-state index is 13.9. The van der Waals surface area contributed by atoms with E-state index in [2.05, 4.69) is 5.32 Å². The summed E-state index contributed by atoms with van der Waals surface area (Å²) in [4.78, 5) is 20.7. The van der Waals surface area contributed by atoms with Gasteiger partial charge in [0.1, 0.15) is 5.56 Å². The van der Waals surface area contributed by atoms with Crippen LogP contribution in [0.2, 0.25) is 0 Å². The number of carboxylic acid groups (broad SMARTS) is 1. The van der Waals surface area contributed by atoms with Crippen molar-refractivity contribution in [1.29, 1.82) is 0 Å². The van der Waals surface area contributed by atoms with Gasteiger partial charge in [-0.3, -0.25) is 10.1 Å². The van der Waals surface area contributed by atoms with Crippen LogP contribution < -0.4 is 5.32 Å². The maximum atomic E-state index is 13.9. The van der Waals surface area contributed by atoms with Crippen LogP contribution in [0.5, 0.6) is 0 Å². The molecule has 1 aromatic rings. The number of hydrogen-bond donors (Lipinski definition) is 4. The summed E-state index contributed by atoms with van der Waals surface area (Å²) in [5.41, 5.74) is -3.17. The number of aliphatic hydroxyl groups is 2. The molecular weight excluding hydrogens is 287 g/mol. The Kier molecular flexibility index (Phi) is 5.17. The third kappa shape index (κ3) is 3.44. The Hall–Kier alpha value is -2.26. The lowest BCUT2D eigenvalue weighted by atomic mass is 9.97. The first kappa shape index (κ1) is 16.8. The van der Waals surface area contributed by atoms with Crippen LogP contribution in [0.15, 0.2) is 12.1 Å². The fourth-order valence-corrected chi connectivity index (χ4v) is 1.71. The van der Waals surface area contributed by atoms with Crippen molar-refractivity contribution in [3.8, 4) is 0 Å². The predicted octanol–water partition coefficient (Wildman–Crippen LogP) is 0.977. The van der Waals surface area contributed by atoms with E-state index in [9.17, 15) is 29.5 Å². The molecule has 0 bridgehead atoms. The molecule has 0 fully saturated rings. The number of nitrogens with one attached hydrogen (secondary N) is 1. The Labute approximate surface area is 119 Å². The lowest BCUT2D eigenvalue weighted by Gasteiger charge is -2.31. The molecule has 0 aliphatic heterocycles. The lowest BCUT2D eigenvalue weighted by molar-refractivity contribution is -0.385. The smallest absolute Gasteiger partial charge is 0.342 e. The molecule has 0 saturated heterocycles. The lowest BCUT2D eigenvalue weighted by Crippen LogP contribution is -2.45. The van der Waals surface area contributed by atoms with E-state index in [-0.39, 0.29) is 12.1 Å². The summed E-state index contributed by atoms with van der Waals surface area (Å²) >= 11 is 0. The van der Waals surface area contributed by atoms with Gasteiger partial charge < -0.3 is 20.6 Å². The summed E-state index contributed by atoms with van der Waals surface area (Å²) in [6.45, 7) is 0.568. The molecule has 1 rings (SSSR count). The van der Waals surface area contributed by atoms with Crippen LogP contribution in [-0.4, -0.2) is 45.0 Å². The number of aromatic carboxylic acids is 1. The van der Waals surface area contributed by atoms with Gasteiger partial charge in [-0.2, -0.15) is 0 Å². The van der Waals surface area contributed by atoms with Gasteiger partial charge in [-0.05, 0) is 12.5 Å². The monoisotopic (exact) mass is 302 g/mol. The van der Waals surface area contributed by atoms with Gasteiger partial charge in [-0.15, -0.1) is 0 Å². The molecule has 0 aliphatic carbocycles. The minimum Gasteiger partial charge on any atom is -0.477 e. The Morgan fingerprint density at radius 2 is 2.00 bits per heavy atom. The largest absolute Gasteiger partial charge is 0.477 e. The zero-order valence-electron chi connectivity index (χ0n) is 11.2. The third-order valence-electron chi connectivity index (χ3n) is 3.19. The Balaban J connectivity index is 3.35. The molecule has 0 spiro atoms. The second-order valence-corrected chi connectivity index (χ2v) is 4.49. The fraction of sp³-hybridized carbons (Fsp3) is 0.417. The molecular formula is C12H15FN2O6. The van der Waals surface area contributed by atoms with E-state index < -0.39 is 46.7 Å². The standard InChI is InChI=1S/C12H15FN2O6/c1-2-12(5-16,6-17)14-9-3-7(11(18)19)10(15(20)21)4-8(9)13/h3-4,14,16-17H,2,5-6H2,1H3,(H,18,19). The molecule has 0 atom stereocenters. The van der Waals surface area contributed by atoms with Gasteiger partial charge in [-0.25, -0.2) is 9.18 Å². The van der Waals surface area contributed by atoms with Crippen molar-refractivity contribution in [2.45, 2.75) is 18.9 Å². The third-order valence-corrected chi connectivity index (χ3v) is 3.19. The van der Waals surface area contributed by atoms with Crippen molar-refractivity contribution in [2.24, 2.45) is 0 Å². The van der Waals surface area contributed by atoms with E-state index in [4.69, 9.17) is 5.11 Å². The van der Waals surface area contributed by atoms with E-state index >= 15 is 0 Å². The molecule has 0 heterocycles. The molecule has 0 radical (unpaired) electrons. The van der Waals surface area contributed by atoms with Crippen LogP contribution in [0.1, 0.15) is 23.7 Å². The van der Waals surface area contributed by atoms with Crippen molar-refractivity contribution in [3.05, 3.63) is 33.6 Å². The SMILES string of the molecule is CCC(CO)(CO)Nc1cc(C(=O)O)c([N+](=O)[O-])cc1F. The van der Waals surface area contributed by atoms with Crippen LogP contribution >= 0.6 is 0 Å². The quantitative estimate of drug-likeness (QED) is 0.435. The molecule has 8 nitrogen and oxygen atoms in total. The highest BCUT2D eigenvalue weighted by Gasteiger charge is 2.30. The van der Waals surface area contributed by atoms with Crippen molar-refractivity contribution >= 4 is 17.3 Å². The molecule has 0 amide bonds. The number of nitrogens with zero attached hydrogens (tertiary/aromatic N) is 1. The van der Waals surface area contributed by atoms with Gasteiger partial charge in [0.15, 0.2) is 5.82 Å². The number of halogens is 1. The van der Waals surface area contributed by atoms with Crippen LogP contribution in [0.3, 0.4) is 0 Å². The van der Waals surface area contributed by atoms with E-state index in [1.54, 1.807) is 6.92 Å². The summed E-state index contributed by atoms with van der Waals surface area (Å²) in [6.07, 6.45) is 0.221. The number of benzene rings is 1. The average Bonchev–Trinajstić information content (AvgIpc) is 2.45. The zero-order chi connectivity index (χ0) is 16.2. The summed E-state index contributed by atoms with van der Waals surface area (Å²) in [7, 11) is 0. The number of anilines is 1. The van der Waals surface area contributed by atoms with E-state index in [0.717, 1.165) is 6.07 Å². The Bertz CT molecular complexity index is 551. The number of rotatable bonds is 7. The number of nitro benzene ring substituents is 1. The molecule has 0 unspecified atom stereocenters. The van der Waals surface area contributed by atoms with Gasteiger partial charge in [0.05, 0.1) is 35.4 Å². The van der Waals surface area contributed by atoms with Gasteiger partial charge in [-0.1, -0.05) is 6.92 Å². The summed E-state index contributed by atoms with van der Waals surface area (Å²) in [5, 5.41) is 40.7. The van der Waals surface area contributed by atoms with Crippen LogP contribution in [0, 0.1) is 15.9 Å². The summed E-state index contributed by atoms with van der Waals surface area (Å²) in [5.74, 6) is -2.63. The Morgan fingerprint density at radius 3 is 2.38 bits per heavy atom. The highest BCUT2D eigenvalue weighted by molar-refractivity contribution is 5.93. The van der Waals surface area contributed by atoms with Crippen molar-refractivity contribution < 1.29 is 29.4 Å².